The Morgan fingerprint density at radius 2 is 2.05 bits per heavy atom. The molecule has 3 rings (SSSR count). The predicted octanol–water partition coefficient (Wildman–Crippen LogP) is 4.34. The van der Waals surface area contributed by atoms with Crippen LogP contribution in [0, 0.1) is 5.92 Å². The fraction of sp³-hybridized carbons (Fsp3) is 0.588. The first-order chi connectivity index (χ1) is 10.1. The molecule has 1 aliphatic heterocycles. The molecule has 2 fully saturated rings. The Bertz CT molecular complexity index is 532. The third-order valence-electron chi connectivity index (χ3n) is 4.91. The molecule has 3 nitrogen and oxygen atoms in total. The minimum Gasteiger partial charge on any atom is -0.398 e. The zero-order valence-corrected chi connectivity index (χ0v) is 13.8. The zero-order chi connectivity index (χ0) is 14.9. The molecule has 1 atom stereocenters. The molecule has 1 aromatic rings. The molecule has 0 amide bonds. The molecule has 21 heavy (non-hydrogen) atoms. The molecule has 1 aliphatic carbocycles. The first-order valence-corrected chi connectivity index (χ1v) is 8.62. The maximum atomic E-state index is 12.8. The maximum absolute atomic E-state index is 12.8. The van der Waals surface area contributed by atoms with Crippen molar-refractivity contribution < 1.29 is 9.53 Å². The number of carbonyl (C=O) groups excluding carboxylic acids is 1. The minimum absolute atomic E-state index is 0.0440. The van der Waals surface area contributed by atoms with Gasteiger partial charge in [-0.3, -0.25) is 4.79 Å². The van der Waals surface area contributed by atoms with Crippen molar-refractivity contribution in [1.82, 2.24) is 0 Å². The molecular formula is C17H22BrNO2. The van der Waals surface area contributed by atoms with Gasteiger partial charge in [0.25, 0.3) is 0 Å². The summed E-state index contributed by atoms with van der Waals surface area (Å²) in [4.78, 5) is 12.8. The van der Waals surface area contributed by atoms with Gasteiger partial charge >= 0.3 is 0 Å². The molecule has 1 heterocycles. The van der Waals surface area contributed by atoms with E-state index in [-0.39, 0.29) is 17.3 Å². The average Bonchev–Trinajstić information content (AvgIpc) is 2.50. The molecule has 1 spiro atoms. The predicted molar refractivity (Wildman–Crippen MR) is 87.4 cm³/mol. The number of benzene rings is 1. The van der Waals surface area contributed by atoms with Gasteiger partial charge in [-0.05, 0) is 43.9 Å². The summed E-state index contributed by atoms with van der Waals surface area (Å²) in [5, 5.41) is 0. The van der Waals surface area contributed by atoms with Gasteiger partial charge in [0.05, 0.1) is 5.60 Å². The highest BCUT2D eigenvalue weighted by Crippen LogP contribution is 2.41. The van der Waals surface area contributed by atoms with Gasteiger partial charge in [0.15, 0.2) is 5.78 Å². The third-order valence-corrected chi connectivity index (χ3v) is 5.40. The van der Waals surface area contributed by atoms with E-state index in [1.807, 2.05) is 12.1 Å². The third kappa shape index (κ3) is 3.16. The first kappa shape index (κ1) is 15.0. The van der Waals surface area contributed by atoms with Crippen LogP contribution in [0.1, 0.15) is 55.3 Å². The number of carbonyl (C=O) groups is 1. The van der Waals surface area contributed by atoms with Crippen LogP contribution < -0.4 is 5.73 Å². The summed E-state index contributed by atoms with van der Waals surface area (Å²) >= 11 is 3.43. The number of ketones is 1. The molecule has 0 aromatic heterocycles. The van der Waals surface area contributed by atoms with Crippen LogP contribution in [-0.4, -0.2) is 18.0 Å². The van der Waals surface area contributed by atoms with Crippen molar-refractivity contribution in [3.8, 4) is 0 Å². The summed E-state index contributed by atoms with van der Waals surface area (Å²) in [7, 11) is 0. The van der Waals surface area contributed by atoms with Crippen LogP contribution in [-0.2, 0) is 4.74 Å². The van der Waals surface area contributed by atoms with E-state index < -0.39 is 0 Å². The fourth-order valence-electron chi connectivity index (χ4n) is 3.76. The van der Waals surface area contributed by atoms with Gasteiger partial charge in [-0.15, -0.1) is 0 Å². The van der Waals surface area contributed by atoms with Crippen LogP contribution in [0.15, 0.2) is 22.7 Å². The molecule has 0 bridgehead atoms. The number of ether oxygens (including phenoxy) is 1. The fourth-order valence-corrected chi connectivity index (χ4v) is 4.12. The van der Waals surface area contributed by atoms with Crippen molar-refractivity contribution in [1.29, 1.82) is 0 Å². The van der Waals surface area contributed by atoms with E-state index in [2.05, 4.69) is 15.9 Å². The highest BCUT2D eigenvalue weighted by Gasteiger charge is 2.41. The van der Waals surface area contributed by atoms with E-state index in [0.29, 0.717) is 17.9 Å². The monoisotopic (exact) mass is 351 g/mol. The van der Waals surface area contributed by atoms with Crippen molar-refractivity contribution in [2.75, 3.05) is 12.3 Å². The molecule has 4 heteroatoms. The number of nitrogens with two attached hydrogens (primary N) is 1. The smallest absolute Gasteiger partial charge is 0.168 e. The summed E-state index contributed by atoms with van der Waals surface area (Å²) in [5.74, 6) is 0.232. The molecular weight excluding hydrogens is 330 g/mol. The van der Waals surface area contributed by atoms with Gasteiger partial charge in [0.2, 0.25) is 0 Å². The van der Waals surface area contributed by atoms with Crippen molar-refractivity contribution in [3.05, 3.63) is 28.2 Å². The van der Waals surface area contributed by atoms with Crippen LogP contribution in [0.3, 0.4) is 0 Å². The van der Waals surface area contributed by atoms with Gasteiger partial charge in [-0.25, -0.2) is 0 Å². The van der Waals surface area contributed by atoms with Crippen LogP contribution in [0.25, 0.3) is 0 Å². The number of halogens is 1. The van der Waals surface area contributed by atoms with Gasteiger partial charge in [-0.1, -0.05) is 35.2 Å². The van der Waals surface area contributed by atoms with E-state index in [4.69, 9.17) is 10.5 Å². The Morgan fingerprint density at radius 1 is 1.29 bits per heavy atom. The van der Waals surface area contributed by atoms with Gasteiger partial charge in [0, 0.05) is 28.2 Å². The van der Waals surface area contributed by atoms with E-state index >= 15 is 0 Å². The maximum Gasteiger partial charge on any atom is 0.168 e. The SMILES string of the molecule is Nc1ccc(Br)cc1C(=O)C1CCOC2(CCCCC2)C1. The normalized spacial score (nSPS) is 24.9. The first-order valence-electron chi connectivity index (χ1n) is 7.83. The van der Waals surface area contributed by atoms with Gasteiger partial charge < -0.3 is 10.5 Å². The lowest BCUT2D eigenvalue weighted by atomic mass is 9.74. The van der Waals surface area contributed by atoms with Crippen molar-refractivity contribution in [3.63, 3.8) is 0 Å². The quantitative estimate of drug-likeness (QED) is 0.636. The number of hydrogen-bond donors (Lipinski definition) is 1. The second-order valence-electron chi connectivity index (χ2n) is 6.38. The summed E-state index contributed by atoms with van der Waals surface area (Å²) in [5.41, 5.74) is 7.18. The van der Waals surface area contributed by atoms with E-state index in [1.54, 1.807) is 6.07 Å². The molecule has 114 valence electrons. The number of nitrogen functional groups attached to an aromatic ring is 1. The summed E-state index contributed by atoms with van der Waals surface area (Å²) in [6.45, 7) is 0.699. The molecule has 0 radical (unpaired) electrons. The average molecular weight is 352 g/mol. The number of hydrogen-bond acceptors (Lipinski definition) is 3. The number of Topliss-reactive ketones (excluding diaryl/α,β-unsaturated/α-hetero) is 1. The van der Waals surface area contributed by atoms with Crippen LogP contribution in [0.2, 0.25) is 0 Å². The van der Waals surface area contributed by atoms with Gasteiger partial charge in [0.1, 0.15) is 0 Å². The lowest BCUT2D eigenvalue weighted by molar-refractivity contribution is -0.111. The summed E-state index contributed by atoms with van der Waals surface area (Å²) < 4.78 is 6.99. The summed E-state index contributed by atoms with van der Waals surface area (Å²) in [6, 6.07) is 5.52. The Morgan fingerprint density at radius 3 is 2.81 bits per heavy atom. The van der Waals surface area contributed by atoms with Crippen molar-refractivity contribution in [2.24, 2.45) is 5.92 Å². The molecule has 2 aliphatic rings. The van der Waals surface area contributed by atoms with Crippen molar-refractivity contribution >= 4 is 27.4 Å². The largest absolute Gasteiger partial charge is 0.398 e. The Kier molecular flexibility index (Phi) is 4.36. The van der Waals surface area contributed by atoms with Crippen molar-refractivity contribution in [2.45, 2.75) is 50.5 Å². The number of anilines is 1. The second-order valence-corrected chi connectivity index (χ2v) is 7.29. The van der Waals surface area contributed by atoms with E-state index in [9.17, 15) is 4.79 Å². The number of rotatable bonds is 2. The van der Waals surface area contributed by atoms with Crippen LogP contribution in [0.4, 0.5) is 5.69 Å². The van der Waals surface area contributed by atoms with Crippen LogP contribution >= 0.6 is 15.9 Å². The van der Waals surface area contributed by atoms with E-state index in [0.717, 1.165) is 30.2 Å². The molecule has 1 aromatic carbocycles. The molecule has 2 N–H and O–H groups in total. The minimum atomic E-state index is -0.0440. The lowest BCUT2D eigenvalue weighted by Gasteiger charge is -2.43. The standard InChI is InChI=1S/C17H22BrNO2/c18-13-4-5-15(19)14(10-13)16(20)12-6-9-21-17(11-12)7-2-1-3-8-17/h4-5,10,12H,1-3,6-9,11,19H2. The Hall–Kier alpha value is -0.870. The van der Waals surface area contributed by atoms with Crippen LogP contribution in [0.5, 0.6) is 0 Å². The van der Waals surface area contributed by atoms with Gasteiger partial charge in [-0.2, -0.15) is 0 Å². The molecule has 1 saturated carbocycles. The topological polar surface area (TPSA) is 52.3 Å². The highest BCUT2D eigenvalue weighted by molar-refractivity contribution is 9.10. The second kappa shape index (κ2) is 6.09. The Balaban J connectivity index is 1.79. The Labute approximate surface area is 134 Å². The lowest BCUT2D eigenvalue weighted by Crippen LogP contribution is -2.43. The zero-order valence-electron chi connectivity index (χ0n) is 12.2. The molecule has 1 saturated heterocycles. The highest BCUT2D eigenvalue weighted by atomic mass is 79.9. The summed E-state index contributed by atoms with van der Waals surface area (Å²) in [6.07, 6.45) is 7.61. The molecule has 1 unspecified atom stereocenters. The van der Waals surface area contributed by atoms with E-state index in [1.165, 1.54) is 19.3 Å².